The molecule has 0 saturated carbocycles. The van der Waals surface area contributed by atoms with Gasteiger partial charge < -0.3 is 15.0 Å². The van der Waals surface area contributed by atoms with Crippen molar-refractivity contribution in [2.45, 2.75) is 52.2 Å². The molecule has 1 heterocycles. The Kier molecular flexibility index (Phi) is 6.65. The number of rotatable bonds is 6. The van der Waals surface area contributed by atoms with Crippen molar-refractivity contribution >= 4 is 5.91 Å². The van der Waals surface area contributed by atoms with E-state index in [1.54, 1.807) is 7.11 Å². The van der Waals surface area contributed by atoms with Gasteiger partial charge in [-0.25, -0.2) is 0 Å². The monoisotopic (exact) mass is 256 g/mol. The Labute approximate surface area is 111 Å². The van der Waals surface area contributed by atoms with Gasteiger partial charge in [0.25, 0.3) is 0 Å². The Hall–Kier alpha value is -0.610. The minimum absolute atomic E-state index is 0.00326. The van der Waals surface area contributed by atoms with Crippen molar-refractivity contribution in [1.82, 2.24) is 10.2 Å². The van der Waals surface area contributed by atoms with Gasteiger partial charge in [0.15, 0.2) is 0 Å². The summed E-state index contributed by atoms with van der Waals surface area (Å²) in [5.74, 6) is 0.703. The predicted molar refractivity (Wildman–Crippen MR) is 73.5 cm³/mol. The van der Waals surface area contributed by atoms with Gasteiger partial charge in [-0.05, 0) is 46.1 Å². The minimum atomic E-state index is 0.00326. The van der Waals surface area contributed by atoms with E-state index in [-0.39, 0.29) is 12.0 Å². The Morgan fingerprint density at radius 2 is 2.17 bits per heavy atom. The van der Waals surface area contributed by atoms with Crippen LogP contribution in [0.1, 0.15) is 40.0 Å². The largest absolute Gasteiger partial charge is 0.381 e. The standard InChI is InChI=1S/C14H28N2O2/c1-11(2)16-7-5-6-13(10-16)9-15-14(17)8-12(3)18-4/h11-13H,5-10H2,1-4H3,(H,15,17)/t12-,13+/m1/s1. The second kappa shape index (κ2) is 7.74. The Morgan fingerprint density at radius 3 is 2.78 bits per heavy atom. The van der Waals surface area contributed by atoms with Crippen LogP contribution >= 0.6 is 0 Å². The van der Waals surface area contributed by atoms with Gasteiger partial charge in [0, 0.05) is 26.2 Å². The average Bonchev–Trinajstić information content (AvgIpc) is 2.36. The van der Waals surface area contributed by atoms with E-state index in [4.69, 9.17) is 4.74 Å². The van der Waals surface area contributed by atoms with Crippen molar-refractivity contribution in [1.29, 1.82) is 0 Å². The summed E-state index contributed by atoms with van der Waals surface area (Å²) >= 11 is 0. The van der Waals surface area contributed by atoms with E-state index >= 15 is 0 Å². The SMILES string of the molecule is CO[C@H](C)CC(=O)NC[C@@H]1CCCN(C(C)C)C1. The number of likely N-dealkylation sites (tertiary alicyclic amines) is 1. The highest BCUT2D eigenvalue weighted by Crippen LogP contribution is 2.17. The van der Waals surface area contributed by atoms with Gasteiger partial charge in [-0.1, -0.05) is 0 Å². The van der Waals surface area contributed by atoms with Crippen LogP contribution in [0.4, 0.5) is 0 Å². The summed E-state index contributed by atoms with van der Waals surface area (Å²) in [6.45, 7) is 9.50. The lowest BCUT2D eigenvalue weighted by Gasteiger charge is -2.35. The lowest BCUT2D eigenvalue weighted by Crippen LogP contribution is -2.44. The average molecular weight is 256 g/mol. The first kappa shape index (κ1) is 15.4. The molecular formula is C14H28N2O2. The van der Waals surface area contributed by atoms with Gasteiger partial charge in [0.2, 0.25) is 5.91 Å². The molecule has 2 atom stereocenters. The summed E-state index contributed by atoms with van der Waals surface area (Å²) in [6, 6.07) is 0.608. The van der Waals surface area contributed by atoms with Crippen LogP contribution in [0.2, 0.25) is 0 Å². The van der Waals surface area contributed by atoms with Crippen LogP contribution in [0, 0.1) is 5.92 Å². The molecule has 1 rings (SSSR count). The number of hydrogen-bond donors (Lipinski definition) is 1. The fourth-order valence-corrected chi connectivity index (χ4v) is 2.41. The van der Waals surface area contributed by atoms with Crippen LogP contribution in [0.5, 0.6) is 0 Å². The molecule has 0 radical (unpaired) electrons. The molecule has 1 aliphatic heterocycles. The van der Waals surface area contributed by atoms with E-state index in [1.165, 1.54) is 19.4 Å². The first-order valence-corrected chi connectivity index (χ1v) is 7.06. The molecule has 0 bridgehead atoms. The lowest BCUT2D eigenvalue weighted by atomic mass is 9.97. The number of carbonyl (C=O) groups is 1. The van der Waals surface area contributed by atoms with E-state index in [1.807, 2.05) is 6.92 Å². The van der Waals surface area contributed by atoms with E-state index in [2.05, 4.69) is 24.1 Å². The van der Waals surface area contributed by atoms with Crippen LogP contribution < -0.4 is 5.32 Å². The van der Waals surface area contributed by atoms with Crippen LogP contribution in [0.15, 0.2) is 0 Å². The zero-order valence-corrected chi connectivity index (χ0v) is 12.2. The summed E-state index contributed by atoms with van der Waals surface area (Å²) in [4.78, 5) is 14.2. The third kappa shape index (κ3) is 5.36. The molecule has 1 amide bonds. The number of piperidine rings is 1. The van der Waals surface area contributed by atoms with Crippen molar-refractivity contribution in [3.05, 3.63) is 0 Å². The van der Waals surface area contributed by atoms with E-state index < -0.39 is 0 Å². The van der Waals surface area contributed by atoms with Gasteiger partial charge in [0.1, 0.15) is 0 Å². The van der Waals surface area contributed by atoms with E-state index in [0.29, 0.717) is 18.4 Å². The maximum atomic E-state index is 11.7. The van der Waals surface area contributed by atoms with Crippen molar-refractivity contribution < 1.29 is 9.53 Å². The highest BCUT2D eigenvalue weighted by molar-refractivity contribution is 5.76. The summed E-state index contributed by atoms with van der Waals surface area (Å²) in [5, 5.41) is 3.03. The minimum Gasteiger partial charge on any atom is -0.381 e. The van der Waals surface area contributed by atoms with Gasteiger partial charge in [-0.2, -0.15) is 0 Å². The third-order valence-electron chi connectivity index (χ3n) is 3.74. The quantitative estimate of drug-likeness (QED) is 0.785. The molecule has 106 valence electrons. The van der Waals surface area contributed by atoms with Crippen molar-refractivity contribution in [2.75, 3.05) is 26.7 Å². The molecule has 4 nitrogen and oxygen atoms in total. The highest BCUT2D eigenvalue weighted by atomic mass is 16.5. The predicted octanol–water partition coefficient (Wildman–Crippen LogP) is 1.65. The zero-order valence-electron chi connectivity index (χ0n) is 12.2. The van der Waals surface area contributed by atoms with Crippen molar-refractivity contribution in [2.24, 2.45) is 5.92 Å². The second-order valence-electron chi connectivity index (χ2n) is 5.65. The van der Waals surface area contributed by atoms with Crippen LogP contribution in [0.25, 0.3) is 0 Å². The molecule has 0 unspecified atom stereocenters. The maximum Gasteiger partial charge on any atom is 0.222 e. The molecule has 0 aromatic carbocycles. The molecule has 1 fully saturated rings. The number of nitrogens with one attached hydrogen (secondary N) is 1. The van der Waals surface area contributed by atoms with Gasteiger partial charge >= 0.3 is 0 Å². The number of carbonyl (C=O) groups excluding carboxylic acids is 1. The number of ether oxygens (including phenoxy) is 1. The molecular weight excluding hydrogens is 228 g/mol. The first-order chi connectivity index (χ1) is 8.52. The molecule has 4 heteroatoms. The third-order valence-corrected chi connectivity index (χ3v) is 3.74. The smallest absolute Gasteiger partial charge is 0.222 e. The Balaban J connectivity index is 2.24. The Bertz CT molecular complexity index is 256. The summed E-state index contributed by atoms with van der Waals surface area (Å²) in [6.07, 6.45) is 2.93. The molecule has 18 heavy (non-hydrogen) atoms. The topological polar surface area (TPSA) is 41.6 Å². The lowest BCUT2D eigenvalue weighted by molar-refractivity contribution is -0.123. The summed E-state index contributed by atoms with van der Waals surface area (Å²) in [5.41, 5.74) is 0. The fourth-order valence-electron chi connectivity index (χ4n) is 2.41. The molecule has 1 aliphatic rings. The summed E-state index contributed by atoms with van der Waals surface area (Å²) < 4.78 is 5.09. The zero-order chi connectivity index (χ0) is 13.5. The number of methoxy groups -OCH3 is 1. The molecule has 1 saturated heterocycles. The van der Waals surface area contributed by atoms with Crippen LogP contribution in [0.3, 0.4) is 0 Å². The van der Waals surface area contributed by atoms with E-state index in [9.17, 15) is 4.79 Å². The first-order valence-electron chi connectivity index (χ1n) is 7.06. The van der Waals surface area contributed by atoms with Gasteiger partial charge in [0.05, 0.1) is 12.5 Å². The van der Waals surface area contributed by atoms with Crippen molar-refractivity contribution in [3.63, 3.8) is 0 Å². The number of nitrogens with zero attached hydrogens (tertiary/aromatic N) is 1. The van der Waals surface area contributed by atoms with Crippen molar-refractivity contribution in [3.8, 4) is 0 Å². The van der Waals surface area contributed by atoms with Gasteiger partial charge in [-0.15, -0.1) is 0 Å². The molecule has 1 N–H and O–H groups in total. The normalized spacial score (nSPS) is 23.1. The number of amides is 1. The summed E-state index contributed by atoms with van der Waals surface area (Å²) in [7, 11) is 1.64. The van der Waals surface area contributed by atoms with Gasteiger partial charge in [-0.3, -0.25) is 4.79 Å². The molecule has 0 spiro atoms. The number of hydrogen-bond acceptors (Lipinski definition) is 3. The second-order valence-corrected chi connectivity index (χ2v) is 5.65. The molecule has 0 aromatic heterocycles. The maximum absolute atomic E-state index is 11.7. The Morgan fingerprint density at radius 1 is 1.44 bits per heavy atom. The highest BCUT2D eigenvalue weighted by Gasteiger charge is 2.22. The van der Waals surface area contributed by atoms with E-state index in [0.717, 1.165) is 13.1 Å². The fraction of sp³-hybridized carbons (Fsp3) is 0.929. The molecule has 0 aliphatic carbocycles. The molecule has 0 aromatic rings. The van der Waals surface area contributed by atoms with Crippen LogP contribution in [-0.2, 0) is 9.53 Å². The van der Waals surface area contributed by atoms with Crippen LogP contribution in [-0.4, -0.2) is 49.7 Å².